The number of esters is 1. The fourth-order valence-corrected chi connectivity index (χ4v) is 4.72. The Morgan fingerprint density at radius 3 is 1.40 bits per heavy atom. The van der Waals surface area contributed by atoms with E-state index in [1.165, 1.54) is 109 Å². The molecule has 0 rings (SSSR count). The van der Waals surface area contributed by atoms with Gasteiger partial charge in [0.15, 0.2) is 0 Å². The van der Waals surface area contributed by atoms with Gasteiger partial charge in [-0.05, 0) is 25.7 Å². The zero-order chi connectivity index (χ0) is 26.0. The van der Waals surface area contributed by atoms with Gasteiger partial charge in [-0.3, -0.25) is 9.59 Å². The van der Waals surface area contributed by atoms with Gasteiger partial charge < -0.3 is 4.74 Å². The number of carbonyl (C=O) groups excluding carboxylic acids is 2. The molecular formula is C32H62O3. The molecule has 0 bridgehead atoms. The van der Waals surface area contributed by atoms with E-state index >= 15 is 0 Å². The zero-order valence-electron chi connectivity index (χ0n) is 24.4. The van der Waals surface area contributed by atoms with Crippen LogP contribution in [0.2, 0.25) is 0 Å². The highest BCUT2D eigenvalue weighted by atomic mass is 16.5. The van der Waals surface area contributed by atoms with Crippen LogP contribution >= 0.6 is 0 Å². The summed E-state index contributed by atoms with van der Waals surface area (Å²) >= 11 is 0. The molecule has 2 atom stereocenters. The van der Waals surface area contributed by atoms with Crippen LogP contribution in [-0.4, -0.2) is 17.9 Å². The van der Waals surface area contributed by atoms with Crippen LogP contribution in [0, 0.1) is 5.92 Å². The first kappa shape index (κ1) is 34.1. The molecule has 1 unspecified atom stereocenters. The zero-order valence-corrected chi connectivity index (χ0v) is 24.4. The van der Waals surface area contributed by atoms with Crippen LogP contribution in [0.25, 0.3) is 0 Å². The van der Waals surface area contributed by atoms with E-state index in [0.717, 1.165) is 32.1 Å². The van der Waals surface area contributed by atoms with Crippen LogP contribution in [0.4, 0.5) is 0 Å². The number of Topliss-reactive ketones (excluding diaryl/α,β-unsaturated/α-hetero) is 1. The Bertz CT molecular complexity index is 473. The molecule has 3 heteroatoms. The summed E-state index contributed by atoms with van der Waals surface area (Å²) in [6.45, 7) is 8.56. The van der Waals surface area contributed by atoms with Crippen LogP contribution in [0.1, 0.15) is 182 Å². The summed E-state index contributed by atoms with van der Waals surface area (Å²) in [7, 11) is 0. The van der Waals surface area contributed by atoms with Crippen molar-refractivity contribution < 1.29 is 14.3 Å². The Morgan fingerprint density at radius 1 is 0.571 bits per heavy atom. The summed E-state index contributed by atoms with van der Waals surface area (Å²) in [5.74, 6) is 0.209. The second kappa shape index (κ2) is 26.2. The summed E-state index contributed by atoms with van der Waals surface area (Å²) in [6, 6.07) is 0. The van der Waals surface area contributed by atoms with E-state index in [2.05, 4.69) is 20.8 Å². The molecule has 0 aromatic rings. The first-order chi connectivity index (χ1) is 17.0. The van der Waals surface area contributed by atoms with Crippen molar-refractivity contribution in [3.05, 3.63) is 0 Å². The Kier molecular flexibility index (Phi) is 25.6. The molecule has 0 aliphatic carbocycles. The molecule has 35 heavy (non-hydrogen) atoms. The highest BCUT2D eigenvalue weighted by Gasteiger charge is 2.21. The molecule has 0 aliphatic rings. The maximum Gasteiger partial charge on any atom is 0.306 e. The van der Waals surface area contributed by atoms with Gasteiger partial charge in [-0.25, -0.2) is 0 Å². The number of carbonyl (C=O) groups is 2. The van der Waals surface area contributed by atoms with E-state index in [-0.39, 0.29) is 23.8 Å². The largest absolute Gasteiger partial charge is 0.462 e. The Morgan fingerprint density at radius 2 is 0.971 bits per heavy atom. The molecule has 0 aromatic carbocycles. The molecule has 0 radical (unpaired) electrons. The second-order valence-electron chi connectivity index (χ2n) is 11.0. The average molecular weight is 495 g/mol. The van der Waals surface area contributed by atoms with Gasteiger partial charge in [0.1, 0.15) is 11.9 Å². The van der Waals surface area contributed by atoms with Gasteiger partial charge in [0.2, 0.25) is 0 Å². The quantitative estimate of drug-likeness (QED) is 0.0842. The third kappa shape index (κ3) is 23.3. The molecule has 0 amide bonds. The fourth-order valence-electron chi connectivity index (χ4n) is 4.72. The number of ether oxygens (including phenoxy) is 1. The Labute approximate surface area is 219 Å². The maximum absolute atomic E-state index is 12.5. The lowest BCUT2D eigenvalue weighted by Crippen LogP contribution is -2.24. The monoisotopic (exact) mass is 494 g/mol. The Hall–Kier alpha value is -0.860. The molecule has 0 heterocycles. The maximum atomic E-state index is 12.5. The summed E-state index contributed by atoms with van der Waals surface area (Å²) in [5.41, 5.74) is 0. The topological polar surface area (TPSA) is 43.4 Å². The van der Waals surface area contributed by atoms with Gasteiger partial charge in [0, 0.05) is 18.8 Å². The molecule has 3 nitrogen and oxygen atoms in total. The first-order valence-electron chi connectivity index (χ1n) is 15.8. The van der Waals surface area contributed by atoms with Crippen molar-refractivity contribution in [3.8, 4) is 0 Å². The lowest BCUT2D eigenvalue weighted by atomic mass is 9.96. The van der Waals surface area contributed by atoms with Crippen molar-refractivity contribution in [1.29, 1.82) is 0 Å². The number of hydrogen-bond donors (Lipinski definition) is 0. The van der Waals surface area contributed by atoms with Crippen LogP contribution in [0.3, 0.4) is 0 Å². The fraction of sp³-hybridized carbons (Fsp3) is 0.938. The highest BCUT2D eigenvalue weighted by molar-refractivity contribution is 5.81. The van der Waals surface area contributed by atoms with Crippen molar-refractivity contribution in [3.63, 3.8) is 0 Å². The lowest BCUT2D eigenvalue weighted by Gasteiger charge is -2.19. The van der Waals surface area contributed by atoms with Crippen molar-refractivity contribution in [2.75, 3.05) is 0 Å². The highest BCUT2D eigenvalue weighted by Crippen LogP contribution is 2.18. The van der Waals surface area contributed by atoms with E-state index in [0.29, 0.717) is 12.8 Å². The van der Waals surface area contributed by atoms with E-state index in [9.17, 15) is 9.59 Å². The van der Waals surface area contributed by atoms with E-state index in [4.69, 9.17) is 4.74 Å². The minimum Gasteiger partial charge on any atom is -0.462 e. The van der Waals surface area contributed by atoms with E-state index < -0.39 is 0 Å². The number of hydrogen-bond acceptors (Lipinski definition) is 3. The molecule has 0 saturated carbocycles. The van der Waals surface area contributed by atoms with E-state index in [1.54, 1.807) is 0 Å². The second-order valence-corrected chi connectivity index (χ2v) is 11.0. The number of ketones is 1. The van der Waals surface area contributed by atoms with Crippen molar-refractivity contribution in [1.82, 2.24) is 0 Å². The average Bonchev–Trinajstić information content (AvgIpc) is 2.85. The van der Waals surface area contributed by atoms with Crippen molar-refractivity contribution >= 4 is 11.8 Å². The predicted octanol–water partition coefficient (Wildman–Crippen LogP) is 10.5. The first-order valence-corrected chi connectivity index (χ1v) is 15.8. The molecule has 208 valence electrons. The molecular weight excluding hydrogens is 432 g/mol. The minimum absolute atomic E-state index is 0.0611. The Balaban J connectivity index is 4.04. The number of unbranched alkanes of at least 4 members (excludes halogenated alkanes) is 18. The SMILES string of the molecule is CCCCCCCCCCCCCC(=O)O[C@H](CCCCCCCCCCC)CC(=O)C(C)CC. The minimum atomic E-state index is -0.221. The standard InChI is InChI=1S/C32H62O3/c1-5-8-10-12-14-16-17-19-21-23-25-27-32(34)35-30(28-31(33)29(4)7-3)26-24-22-20-18-15-13-11-9-6-2/h29-30H,5-28H2,1-4H3/t29?,30-/m1/s1. The lowest BCUT2D eigenvalue weighted by molar-refractivity contribution is -0.151. The van der Waals surface area contributed by atoms with Gasteiger partial charge in [0.25, 0.3) is 0 Å². The summed E-state index contributed by atoms with van der Waals surface area (Å²) in [5, 5.41) is 0. The van der Waals surface area contributed by atoms with Crippen LogP contribution in [0.5, 0.6) is 0 Å². The van der Waals surface area contributed by atoms with Gasteiger partial charge in [-0.1, -0.05) is 143 Å². The van der Waals surface area contributed by atoms with Gasteiger partial charge in [-0.15, -0.1) is 0 Å². The van der Waals surface area contributed by atoms with Gasteiger partial charge in [-0.2, -0.15) is 0 Å². The molecule has 0 fully saturated rings. The third-order valence-corrected chi connectivity index (χ3v) is 7.50. The van der Waals surface area contributed by atoms with Crippen LogP contribution < -0.4 is 0 Å². The molecule has 0 N–H and O–H groups in total. The van der Waals surface area contributed by atoms with Crippen LogP contribution in [-0.2, 0) is 14.3 Å². The van der Waals surface area contributed by atoms with Gasteiger partial charge >= 0.3 is 5.97 Å². The molecule has 0 aliphatic heterocycles. The summed E-state index contributed by atoms with van der Waals surface area (Å²) in [4.78, 5) is 25.0. The summed E-state index contributed by atoms with van der Waals surface area (Å²) in [6.07, 6.45) is 28.0. The predicted molar refractivity (Wildman–Crippen MR) is 152 cm³/mol. The molecule has 0 saturated heterocycles. The van der Waals surface area contributed by atoms with Crippen LogP contribution in [0.15, 0.2) is 0 Å². The smallest absolute Gasteiger partial charge is 0.306 e. The molecule has 0 spiro atoms. The van der Waals surface area contributed by atoms with E-state index in [1.807, 2.05) is 6.92 Å². The number of rotatable bonds is 27. The molecule has 0 aromatic heterocycles. The van der Waals surface area contributed by atoms with Crippen molar-refractivity contribution in [2.45, 2.75) is 188 Å². The van der Waals surface area contributed by atoms with Gasteiger partial charge in [0.05, 0.1) is 0 Å². The summed E-state index contributed by atoms with van der Waals surface area (Å²) < 4.78 is 5.82. The normalized spacial score (nSPS) is 13.0. The third-order valence-electron chi connectivity index (χ3n) is 7.50. The van der Waals surface area contributed by atoms with Crippen molar-refractivity contribution in [2.24, 2.45) is 5.92 Å².